The van der Waals surface area contributed by atoms with Crippen molar-refractivity contribution in [3.05, 3.63) is 0 Å². The molecule has 70 valence electrons. The van der Waals surface area contributed by atoms with Crippen molar-refractivity contribution in [3.63, 3.8) is 0 Å². The third kappa shape index (κ3) is 6.21. The molecule has 0 rings (SSSR count). The molecule has 0 spiro atoms. The third-order valence-electron chi connectivity index (χ3n) is 1.34. The Balaban J connectivity index is 3.85. The highest BCUT2D eigenvalue weighted by atomic mass is 16.5. The van der Waals surface area contributed by atoms with Gasteiger partial charge in [-0.05, 0) is 27.7 Å². The molecule has 2 heteroatoms. The van der Waals surface area contributed by atoms with Crippen molar-refractivity contribution in [2.75, 3.05) is 6.61 Å². The zero-order valence-electron chi connectivity index (χ0n) is 8.35. The number of rotatable bonds is 4. The van der Waals surface area contributed by atoms with Gasteiger partial charge in [-0.3, -0.25) is 0 Å². The third-order valence-corrected chi connectivity index (χ3v) is 1.34. The van der Waals surface area contributed by atoms with Crippen LogP contribution in [0.2, 0.25) is 0 Å². The van der Waals surface area contributed by atoms with Gasteiger partial charge in [-0.2, -0.15) is 0 Å². The first-order chi connectivity index (χ1) is 5.27. The number of hydrogen-bond acceptors (Lipinski definition) is 2. The Hall–Kier alpha value is -0.520. The van der Waals surface area contributed by atoms with Crippen LogP contribution in [0.4, 0.5) is 0 Å². The lowest BCUT2D eigenvalue weighted by Gasteiger charge is -2.27. The maximum absolute atomic E-state index is 9.37. The van der Waals surface area contributed by atoms with Crippen molar-refractivity contribution >= 4 is 0 Å². The highest BCUT2D eigenvalue weighted by Crippen LogP contribution is 2.16. The van der Waals surface area contributed by atoms with E-state index in [1.165, 1.54) is 0 Å². The molecule has 0 aliphatic rings. The van der Waals surface area contributed by atoms with Gasteiger partial charge in [0.25, 0.3) is 0 Å². The van der Waals surface area contributed by atoms with E-state index < -0.39 is 5.60 Å². The predicted molar refractivity (Wildman–Crippen MR) is 49.8 cm³/mol. The summed E-state index contributed by atoms with van der Waals surface area (Å²) in [6.45, 7) is 7.55. The molecule has 0 aromatic carbocycles. The summed E-state index contributed by atoms with van der Waals surface area (Å²) in [4.78, 5) is 0. The predicted octanol–water partition coefficient (Wildman–Crippen LogP) is 1.58. The topological polar surface area (TPSA) is 29.5 Å². The fourth-order valence-corrected chi connectivity index (χ4v) is 0.669. The Labute approximate surface area is 74.9 Å². The van der Waals surface area contributed by atoms with E-state index in [2.05, 4.69) is 5.92 Å². The minimum Gasteiger partial charge on any atom is -0.388 e. The van der Waals surface area contributed by atoms with Gasteiger partial charge >= 0.3 is 0 Å². The summed E-state index contributed by atoms with van der Waals surface area (Å²) in [7, 11) is 0. The van der Waals surface area contributed by atoms with Crippen LogP contribution < -0.4 is 0 Å². The summed E-state index contributed by atoms with van der Waals surface area (Å²) in [6, 6.07) is 0. The quantitative estimate of drug-likeness (QED) is 0.649. The molecule has 0 amide bonds. The molecule has 0 aromatic rings. The van der Waals surface area contributed by atoms with Crippen LogP contribution in [-0.4, -0.2) is 22.9 Å². The van der Waals surface area contributed by atoms with Crippen LogP contribution in [0.25, 0.3) is 0 Å². The smallest absolute Gasteiger partial charge is 0.0824 e. The average Bonchev–Trinajstić information content (AvgIpc) is 1.83. The molecular formula is C10H18O2. The van der Waals surface area contributed by atoms with Crippen molar-refractivity contribution in [1.82, 2.24) is 0 Å². The average molecular weight is 170 g/mol. The van der Waals surface area contributed by atoms with Gasteiger partial charge in [-0.1, -0.05) is 0 Å². The summed E-state index contributed by atoms with van der Waals surface area (Å²) in [5, 5.41) is 9.37. The van der Waals surface area contributed by atoms with E-state index in [0.29, 0.717) is 13.0 Å². The van der Waals surface area contributed by atoms with E-state index in [0.717, 1.165) is 0 Å². The van der Waals surface area contributed by atoms with Crippen LogP contribution in [0, 0.1) is 12.3 Å². The Morgan fingerprint density at radius 2 is 1.83 bits per heavy atom. The van der Waals surface area contributed by atoms with Gasteiger partial charge in [0.2, 0.25) is 0 Å². The highest BCUT2D eigenvalue weighted by molar-refractivity contribution is 4.92. The van der Waals surface area contributed by atoms with Crippen LogP contribution >= 0.6 is 0 Å². The van der Waals surface area contributed by atoms with E-state index in [4.69, 9.17) is 11.2 Å². The molecule has 0 saturated heterocycles. The van der Waals surface area contributed by atoms with E-state index in [1.54, 1.807) is 13.8 Å². The summed E-state index contributed by atoms with van der Waals surface area (Å²) in [5.74, 6) is 2.54. The maximum atomic E-state index is 9.37. The highest BCUT2D eigenvalue weighted by Gasteiger charge is 2.21. The molecular weight excluding hydrogens is 152 g/mol. The Kier molecular flexibility index (Phi) is 3.76. The van der Waals surface area contributed by atoms with Gasteiger partial charge in [-0.25, -0.2) is 0 Å². The maximum Gasteiger partial charge on any atom is 0.0824 e. The van der Waals surface area contributed by atoms with Crippen molar-refractivity contribution in [1.29, 1.82) is 0 Å². The number of terminal acetylenes is 1. The Morgan fingerprint density at radius 3 is 2.17 bits per heavy atom. The van der Waals surface area contributed by atoms with Crippen LogP contribution in [0.1, 0.15) is 34.1 Å². The summed E-state index contributed by atoms with van der Waals surface area (Å²) in [5.41, 5.74) is -1.12. The minimum absolute atomic E-state index is 0.307. The van der Waals surface area contributed by atoms with Gasteiger partial charge in [0.05, 0.1) is 17.8 Å². The zero-order valence-corrected chi connectivity index (χ0v) is 8.35. The first kappa shape index (κ1) is 11.5. The van der Waals surface area contributed by atoms with Crippen LogP contribution in [0.5, 0.6) is 0 Å². The lowest BCUT2D eigenvalue weighted by atomic mass is 10.1. The second-order valence-corrected chi connectivity index (χ2v) is 4.24. The number of hydrogen-bond donors (Lipinski definition) is 1. The van der Waals surface area contributed by atoms with E-state index in [-0.39, 0.29) is 5.60 Å². The first-order valence-electron chi connectivity index (χ1n) is 4.07. The second-order valence-electron chi connectivity index (χ2n) is 4.24. The van der Waals surface area contributed by atoms with E-state index in [9.17, 15) is 5.11 Å². The molecule has 0 unspecified atom stereocenters. The van der Waals surface area contributed by atoms with Gasteiger partial charge in [0, 0.05) is 6.42 Å². The first-order valence-corrected chi connectivity index (χ1v) is 4.07. The molecule has 0 bridgehead atoms. The molecule has 0 aromatic heterocycles. The summed E-state index contributed by atoms with van der Waals surface area (Å²) >= 11 is 0. The standard InChI is InChI=1S/C10H18O2/c1-6-7-10(4,5)12-8-9(2,3)11/h1,11H,7-8H2,2-5H3. The fraction of sp³-hybridized carbons (Fsp3) is 0.800. The van der Waals surface area contributed by atoms with Crippen molar-refractivity contribution in [2.45, 2.75) is 45.3 Å². The van der Waals surface area contributed by atoms with Crippen molar-refractivity contribution < 1.29 is 9.84 Å². The molecule has 0 radical (unpaired) electrons. The second kappa shape index (κ2) is 3.93. The summed E-state index contributed by atoms with van der Waals surface area (Å²) in [6.07, 6.45) is 5.72. The molecule has 0 aliphatic heterocycles. The Morgan fingerprint density at radius 1 is 1.33 bits per heavy atom. The lowest BCUT2D eigenvalue weighted by Crippen LogP contribution is -2.34. The van der Waals surface area contributed by atoms with Gasteiger partial charge in [0.15, 0.2) is 0 Å². The molecule has 0 heterocycles. The number of ether oxygens (including phenoxy) is 1. The SMILES string of the molecule is C#CCC(C)(C)OCC(C)(C)O. The van der Waals surface area contributed by atoms with Crippen LogP contribution in [-0.2, 0) is 4.74 Å². The van der Waals surface area contributed by atoms with E-state index in [1.807, 2.05) is 13.8 Å². The molecule has 1 N–H and O–H groups in total. The minimum atomic E-state index is -0.786. The van der Waals surface area contributed by atoms with Gasteiger partial charge in [-0.15, -0.1) is 12.3 Å². The molecule has 0 saturated carbocycles. The largest absolute Gasteiger partial charge is 0.388 e. The van der Waals surface area contributed by atoms with Crippen molar-refractivity contribution in [2.24, 2.45) is 0 Å². The molecule has 0 fully saturated rings. The normalized spacial score (nSPS) is 12.7. The molecule has 2 nitrogen and oxygen atoms in total. The fourth-order valence-electron chi connectivity index (χ4n) is 0.669. The molecule has 12 heavy (non-hydrogen) atoms. The van der Waals surface area contributed by atoms with E-state index >= 15 is 0 Å². The lowest BCUT2D eigenvalue weighted by molar-refractivity contribution is -0.0885. The zero-order chi connectivity index (χ0) is 9.83. The molecule has 0 atom stereocenters. The monoisotopic (exact) mass is 170 g/mol. The Bertz CT molecular complexity index is 169. The van der Waals surface area contributed by atoms with Crippen molar-refractivity contribution in [3.8, 4) is 12.3 Å². The number of aliphatic hydroxyl groups is 1. The van der Waals surface area contributed by atoms with Gasteiger partial charge < -0.3 is 9.84 Å². The van der Waals surface area contributed by atoms with Gasteiger partial charge in [0.1, 0.15) is 0 Å². The van der Waals surface area contributed by atoms with Crippen LogP contribution in [0.3, 0.4) is 0 Å². The molecule has 0 aliphatic carbocycles. The summed E-state index contributed by atoms with van der Waals surface area (Å²) < 4.78 is 5.44. The van der Waals surface area contributed by atoms with Crippen LogP contribution in [0.15, 0.2) is 0 Å².